The summed E-state index contributed by atoms with van der Waals surface area (Å²) in [5.41, 5.74) is 1.38. The van der Waals surface area contributed by atoms with Gasteiger partial charge in [0, 0.05) is 37.1 Å². The zero-order valence-electron chi connectivity index (χ0n) is 14.4. The molecule has 6 heteroatoms. The lowest BCUT2D eigenvalue weighted by Crippen LogP contribution is -2.38. The quantitative estimate of drug-likeness (QED) is 0.843. The van der Waals surface area contributed by atoms with Gasteiger partial charge < -0.3 is 14.5 Å². The van der Waals surface area contributed by atoms with E-state index in [1.165, 1.54) is 12.8 Å². The number of nitrogens with zero attached hydrogens (tertiary/aromatic N) is 4. The van der Waals surface area contributed by atoms with Gasteiger partial charge in [0.05, 0.1) is 12.7 Å². The molecule has 0 spiro atoms. The Morgan fingerprint density at radius 2 is 2.20 bits per heavy atom. The van der Waals surface area contributed by atoms with Crippen LogP contribution in [0, 0.1) is 5.92 Å². The van der Waals surface area contributed by atoms with E-state index in [0.29, 0.717) is 30.4 Å². The average Bonchev–Trinajstić information content (AvgIpc) is 2.67. The molecule has 2 aromatic rings. The van der Waals surface area contributed by atoms with E-state index in [-0.39, 0.29) is 5.91 Å². The van der Waals surface area contributed by atoms with Crippen molar-refractivity contribution in [3.8, 4) is 5.75 Å². The fourth-order valence-corrected chi connectivity index (χ4v) is 3.55. The summed E-state index contributed by atoms with van der Waals surface area (Å²) in [5, 5.41) is 0. The molecular weight excluding hydrogens is 316 g/mol. The van der Waals surface area contributed by atoms with Gasteiger partial charge in [0.15, 0.2) is 0 Å². The van der Waals surface area contributed by atoms with Gasteiger partial charge in [-0.05, 0) is 30.9 Å². The van der Waals surface area contributed by atoms with Crippen LogP contribution in [0.5, 0.6) is 5.75 Å². The highest BCUT2D eigenvalue weighted by molar-refractivity contribution is 6.07. The zero-order chi connectivity index (χ0) is 17.2. The van der Waals surface area contributed by atoms with E-state index >= 15 is 0 Å². The van der Waals surface area contributed by atoms with Crippen molar-refractivity contribution in [3.05, 3.63) is 42.4 Å². The van der Waals surface area contributed by atoms with Crippen molar-refractivity contribution < 1.29 is 9.53 Å². The standard InChI is InChI=1S/C19H22N4O2/c1-14-3-2-8-22(13-14)18-11-15(4-7-21-18)19(24)23-9-10-25-17-5-6-20-12-16(17)23/h4-7,11-12,14H,2-3,8-10,13H2,1H3. The third kappa shape index (κ3) is 3.16. The first kappa shape index (κ1) is 15.9. The summed E-state index contributed by atoms with van der Waals surface area (Å²) < 4.78 is 5.62. The van der Waals surface area contributed by atoms with Gasteiger partial charge in [-0.25, -0.2) is 4.98 Å². The molecule has 1 amide bonds. The Balaban J connectivity index is 1.60. The molecule has 0 radical (unpaired) electrons. The maximum Gasteiger partial charge on any atom is 0.258 e. The number of pyridine rings is 2. The van der Waals surface area contributed by atoms with Crippen LogP contribution in [0.4, 0.5) is 11.5 Å². The SMILES string of the molecule is CC1CCCN(c2cc(C(=O)N3CCOc4ccncc43)ccn2)C1. The van der Waals surface area contributed by atoms with Gasteiger partial charge in [-0.1, -0.05) is 6.92 Å². The van der Waals surface area contributed by atoms with Crippen LogP contribution >= 0.6 is 0 Å². The minimum Gasteiger partial charge on any atom is -0.489 e. The molecule has 0 bridgehead atoms. The maximum absolute atomic E-state index is 13.1. The molecule has 2 aromatic heterocycles. The number of anilines is 2. The summed E-state index contributed by atoms with van der Waals surface area (Å²) in [5.74, 6) is 2.21. The van der Waals surface area contributed by atoms with E-state index < -0.39 is 0 Å². The molecule has 6 nitrogen and oxygen atoms in total. The lowest BCUT2D eigenvalue weighted by molar-refractivity contribution is 0.0976. The fraction of sp³-hybridized carbons (Fsp3) is 0.421. The van der Waals surface area contributed by atoms with Crippen LogP contribution in [0.25, 0.3) is 0 Å². The van der Waals surface area contributed by atoms with Crippen LogP contribution in [0.2, 0.25) is 0 Å². The lowest BCUT2D eigenvalue weighted by Gasteiger charge is -2.32. The third-order valence-electron chi connectivity index (χ3n) is 4.84. The summed E-state index contributed by atoms with van der Waals surface area (Å²) >= 11 is 0. The van der Waals surface area contributed by atoms with E-state index in [9.17, 15) is 4.79 Å². The number of ether oxygens (including phenoxy) is 1. The predicted octanol–water partition coefficient (Wildman–Crippen LogP) is 2.75. The Morgan fingerprint density at radius 3 is 3.08 bits per heavy atom. The van der Waals surface area contributed by atoms with Gasteiger partial charge in [-0.3, -0.25) is 9.78 Å². The number of rotatable bonds is 2. The third-order valence-corrected chi connectivity index (χ3v) is 4.84. The van der Waals surface area contributed by atoms with Crippen molar-refractivity contribution in [2.45, 2.75) is 19.8 Å². The number of carbonyl (C=O) groups excluding carboxylic acids is 1. The Hall–Kier alpha value is -2.63. The molecular formula is C19H22N4O2. The highest BCUT2D eigenvalue weighted by Gasteiger charge is 2.26. The van der Waals surface area contributed by atoms with Crippen molar-refractivity contribution in [1.29, 1.82) is 0 Å². The van der Waals surface area contributed by atoms with Crippen molar-refractivity contribution in [3.63, 3.8) is 0 Å². The molecule has 4 heterocycles. The normalized spacial score (nSPS) is 20.0. The number of hydrogen-bond donors (Lipinski definition) is 0. The van der Waals surface area contributed by atoms with Crippen molar-refractivity contribution in [1.82, 2.24) is 9.97 Å². The first-order chi connectivity index (χ1) is 12.2. The summed E-state index contributed by atoms with van der Waals surface area (Å²) in [6.07, 6.45) is 7.51. The van der Waals surface area contributed by atoms with Crippen molar-refractivity contribution in [2.24, 2.45) is 5.92 Å². The molecule has 4 rings (SSSR count). The second-order valence-corrected chi connectivity index (χ2v) is 6.74. The minimum absolute atomic E-state index is 0.0359. The second-order valence-electron chi connectivity index (χ2n) is 6.74. The van der Waals surface area contributed by atoms with Crippen LogP contribution in [-0.4, -0.2) is 42.1 Å². The van der Waals surface area contributed by atoms with E-state index in [4.69, 9.17) is 4.74 Å². The highest BCUT2D eigenvalue weighted by Crippen LogP contribution is 2.31. The predicted molar refractivity (Wildman–Crippen MR) is 96.3 cm³/mol. The number of aromatic nitrogens is 2. The minimum atomic E-state index is -0.0359. The van der Waals surface area contributed by atoms with E-state index in [1.807, 2.05) is 6.07 Å². The smallest absolute Gasteiger partial charge is 0.258 e. The first-order valence-electron chi connectivity index (χ1n) is 8.82. The van der Waals surface area contributed by atoms with Gasteiger partial charge in [-0.15, -0.1) is 0 Å². The van der Waals surface area contributed by atoms with Crippen LogP contribution < -0.4 is 14.5 Å². The highest BCUT2D eigenvalue weighted by atomic mass is 16.5. The molecule has 0 saturated carbocycles. The number of fused-ring (bicyclic) bond motifs is 1. The molecule has 2 aliphatic rings. The molecule has 130 valence electrons. The average molecular weight is 338 g/mol. The summed E-state index contributed by atoms with van der Waals surface area (Å²) in [4.78, 5) is 25.7. The Morgan fingerprint density at radius 1 is 1.28 bits per heavy atom. The molecule has 1 saturated heterocycles. The van der Waals surface area contributed by atoms with Crippen LogP contribution in [0.3, 0.4) is 0 Å². The Kier molecular flexibility index (Phi) is 4.26. The van der Waals surface area contributed by atoms with Gasteiger partial charge in [0.25, 0.3) is 5.91 Å². The van der Waals surface area contributed by atoms with Crippen LogP contribution in [0.1, 0.15) is 30.1 Å². The van der Waals surface area contributed by atoms with Crippen LogP contribution in [0.15, 0.2) is 36.8 Å². The number of piperidine rings is 1. The lowest BCUT2D eigenvalue weighted by atomic mass is 10.0. The van der Waals surface area contributed by atoms with Gasteiger partial charge in [0.1, 0.15) is 23.9 Å². The van der Waals surface area contributed by atoms with E-state index in [1.54, 1.807) is 35.6 Å². The number of carbonyl (C=O) groups is 1. The molecule has 1 atom stereocenters. The van der Waals surface area contributed by atoms with Gasteiger partial charge in [-0.2, -0.15) is 0 Å². The van der Waals surface area contributed by atoms with Crippen molar-refractivity contribution in [2.75, 3.05) is 36.0 Å². The summed E-state index contributed by atoms with van der Waals surface area (Å²) in [6, 6.07) is 5.48. The molecule has 0 aromatic carbocycles. The second kappa shape index (κ2) is 6.70. The van der Waals surface area contributed by atoms with E-state index in [0.717, 1.165) is 24.6 Å². The van der Waals surface area contributed by atoms with E-state index in [2.05, 4.69) is 21.8 Å². The monoisotopic (exact) mass is 338 g/mol. The zero-order valence-corrected chi connectivity index (χ0v) is 14.4. The Labute approximate surface area is 147 Å². The number of amides is 1. The summed E-state index contributed by atoms with van der Waals surface area (Å²) in [6.45, 7) is 5.27. The fourth-order valence-electron chi connectivity index (χ4n) is 3.55. The summed E-state index contributed by atoms with van der Waals surface area (Å²) in [7, 11) is 0. The van der Waals surface area contributed by atoms with Gasteiger partial charge in [0.2, 0.25) is 0 Å². The van der Waals surface area contributed by atoms with Gasteiger partial charge >= 0.3 is 0 Å². The topological polar surface area (TPSA) is 58.6 Å². The molecule has 25 heavy (non-hydrogen) atoms. The number of hydrogen-bond acceptors (Lipinski definition) is 5. The first-order valence-corrected chi connectivity index (χ1v) is 8.82. The molecule has 1 unspecified atom stereocenters. The molecule has 2 aliphatic heterocycles. The molecule has 0 N–H and O–H groups in total. The van der Waals surface area contributed by atoms with Crippen molar-refractivity contribution >= 4 is 17.4 Å². The van der Waals surface area contributed by atoms with Crippen LogP contribution in [-0.2, 0) is 0 Å². The largest absolute Gasteiger partial charge is 0.489 e. The Bertz CT molecular complexity index is 780. The molecule has 0 aliphatic carbocycles. The maximum atomic E-state index is 13.1. The molecule has 1 fully saturated rings.